The number of rotatable bonds is 6. The van der Waals surface area contributed by atoms with Gasteiger partial charge in [-0.3, -0.25) is 14.9 Å². The molecular weight excluding hydrogens is 458 g/mol. The summed E-state index contributed by atoms with van der Waals surface area (Å²) in [5.41, 5.74) is 1.28. The minimum absolute atomic E-state index is 0.104. The van der Waals surface area contributed by atoms with Gasteiger partial charge in [-0.05, 0) is 25.0 Å². The Hall–Kier alpha value is -3.93. The van der Waals surface area contributed by atoms with Crippen LogP contribution in [0.15, 0.2) is 36.7 Å². The summed E-state index contributed by atoms with van der Waals surface area (Å²) in [6.45, 7) is 0. The van der Waals surface area contributed by atoms with Crippen molar-refractivity contribution in [3.63, 3.8) is 0 Å². The Morgan fingerprint density at radius 3 is 2.68 bits per heavy atom. The maximum atomic E-state index is 12.9. The number of anilines is 1. The highest BCUT2D eigenvalue weighted by Crippen LogP contribution is 2.33. The Bertz CT molecular complexity index is 1360. The van der Waals surface area contributed by atoms with Gasteiger partial charge in [0.25, 0.3) is 5.91 Å². The van der Waals surface area contributed by atoms with Gasteiger partial charge < -0.3 is 10.1 Å². The average Bonchev–Trinajstić information content (AvgIpc) is 3.53. The number of nitrogens with zero attached hydrogens (tertiary/aromatic N) is 6. The monoisotopic (exact) mass is 479 g/mol. The molecule has 0 saturated heterocycles. The van der Waals surface area contributed by atoms with E-state index in [9.17, 15) is 14.9 Å². The van der Waals surface area contributed by atoms with E-state index in [0.717, 1.165) is 37.0 Å². The number of thiophene rings is 1. The fourth-order valence-corrected chi connectivity index (χ4v) is 4.81. The van der Waals surface area contributed by atoms with E-state index in [1.54, 1.807) is 24.5 Å². The fraction of sp³-hybridized carbons (Fsp3) is 0.318. The topological polar surface area (TPSA) is 138 Å². The fourth-order valence-electron chi connectivity index (χ4n) is 4.09. The Labute approximate surface area is 198 Å². The number of amides is 1. The Morgan fingerprint density at radius 2 is 2.00 bits per heavy atom. The van der Waals surface area contributed by atoms with Crippen molar-refractivity contribution in [1.29, 1.82) is 0 Å². The normalized spacial score (nSPS) is 14.3. The maximum Gasteiger partial charge on any atom is 0.324 e. The molecule has 11 nitrogen and oxygen atoms in total. The quantitative estimate of drug-likeness (QED) is 0.312. The van der Waals surface area contributed by atoms with Gasteiger partial charge in [0.1, 0.15) is 5.82 Å². The van der Waals surface area contributed by atoms with Gasteiger partial charge in [0.2, 0.25) is 5.88 Å². The van der Waals surface area contributed by atoms with Crippen molar-refractivity contribution in [3.05, 3.63) is 51.7 Å². The lowest BCUT2D eigenvalue weighted by Crippen LogP contribution is -2.16. The number of ether oxygens (including phenoxy) is 1. The largest absolute Gasteiger partial charge is 0.481 e. The van der Waals surface area contributed by atoms with Crippen LogP contribution >= 0.6 is 11.3 Å². The van der Waals surface area contributed by atoms with Gasteiger partial charge >= 0.3 is 5.00 Å². The lowest BCUT2D eigenvalue weighted by atomic mass is 9.96. The van der Waals surface area contributed by atoms with Crippen LogP contribution in [0.3, 0.4) is 0 Å². The lowest BCUT2D eigenvalue weighted by Gasteiger charge is -2.22. The third-order valence-electron chi connectivity index (χ3n) is 5.81. The van der Waals surface area contributed by atoms with Gasteiger partial charge in [-0.25, -0.2) is 19.6 Å². The predicted octanol–water partition coefficient (Wildman–Crippen LogP) is 4.62. The number of hydrogen-bond acceptors (Lipinski definition) is 9. The summed E-state index contributed by atoms with van der Waals surface area (Å²) in [7, 11) is 1.54. The van der Waals surface area contributed by atoms with Crippen LogP contribution in [0.5, 0.6) is 5.88 Å². The van der Waals surface area contributed by atoms with Gasteiger partial charge in [0.15, 0.2) is 11.5 Å². The van der Waals surface area contributed by atoms with Crippen molar-refractivity contribution in [2.75, 3.05) is 12.4 Å². The molecule has 0 unspecified atom stereocenters. The van der Waals surface area contributed by atoms with Crippen LogP contribution in [0.1, 0.15) is 47.8 Å². The molecule has 174 valence electrons. The Kier molecular flexibility index (Phi) is 5.88. The second-order valence-electron chi connectivity index (χ2n) is 7.95. The average molecular weight is 480 g/mol. The molecule has 0 aliphatic heterocycles. The summed E-state index contributed by atoms with van der Waals surface area (Å²) in [4.78, 5) is 37.2. The van der Waals surface area contributed by atoms with Crippen LogP contribution in [0, 0.1) is 10.1 Å². The predicted molar refractivity (Wildman–Crippen MR) is 126 cm³/mol. The molecule has 0 aromatic carbocycles. The zero-order valence-corrected chi connectivity index (χ0v) is 19.1. The number of carbonyl (C=O) groups excluding carboxylic acids is 1. The molecular formula is C22H21N7O4S. The molecule has 0 radical (unpaired) electrons. The van der Waals surface area contributed by atoms with E-state index in [-0.39, 0.29) is 15.9 Å². The second kappa shape index (κ2) is 9.14. The zero-order valence-electron chi connectivity index (χ0n) is 18.3. The molecule has 34 heavy (non-hydrogen) atoms. The molecule has 0 spiro atoms. The van der Waals surface area contributed by atoms with Crippen molar-refractivity contribution >= 4 is 39.1 Å². The second-order valence-corrected chi connectivity index (χ2v) is 9.01. The van der Waals surface area contributed by atoms with Gasteiger partial charge in [0.05, 0.1) is 34.5 Å². The number of nitrogens with one attached hydrogen (secondary N) is 1. The van der Waals surface area contributed by atoms with Crippen molar-refractivity contribution in [1.82, 2.24) is 24.7 Å². The van der Waals surface area contributed by atoms with Crippen LogP contribution in [0.25, 0.3) is 22.4 Å². The smallest absolute Gasteiger partial charge is 0.324 e. The van der Waals surface area contributed by atoms with Crippen molar-refractivity contribution in [2.45, 2.75) is 38.1 Å². The third kappa shape index (κ3) is 4.19. The molecule has 5 rings (SSSR count). The standard InChI is InChI=1S/C22H21N7O4S/c1-33-17-9-7-13(11-23-17)19-25-20(27-22(30)16-8-10-18(34-16)29(31)32)15-12-24-28(21(15)26-19)14-5-3-2-4-6-14/h7-12,14H,2-6H2,1H3,(H,25,26,27,30). The summed E-state index contributed by atoms with van der Waals surface area (Å²) < 4.78 is 7.05. The van der Waals surface area contributed by atoms with E-state index in [1.165, 1.54) is 25.7 Å². The van der Waals surface area contributed by atoms with Crippen molar-refractivity contribution in [2.24, 2.45) is 0 Å². The number of nitro groups is 1. The summed E-state index contributed by atoms with van der Waals surface area (Å²) in [6, 6.07) is 6.47. The van der Waals surface area contributed by atoms with Crippen LogP contribution < -0.4 is 10.1 Å². The van der Waals surface area contributed by atoms with E-state index >= 15 is 0 Å². The minimum atomic E-state index is -0.521. The highest BCUT2D eigenvalue weighted by molar-refractivity contribution is 7.17. The minimum Gasteiger partial charge on any atom is -0.481 e. The number of pyridine rings is 1. The molecule has 1 aliphatic carbocycles. The first kappa shape index (κ1) is 21.9. The first-order chi connectivity index (χ1) is 16.5. The third-order valence-corrected chi connectivity index (χ3v) is 6.84. The van der Waals surface area contributed by atoms with Crippen molar-refractivity contribution < 1.29 is 14.5 Å². The molecule has 1 N–H and O–H groups in total. The molecule has 1 fully saturated rings. The molecule has 0 bridgehead atoms. The molecule has 4 aromatic heterocycles. The molecule has 4 heterocycles. The molecule has 0 atom stereocenters. The first-order valence-corrected chi connectivity index (χ1v) is 11.7. The maximum absolute atomic E-state index is 12.9. The molecule has 1 amide bonds. The number of fused-ring (bicyclic) bond motifs is 1. The molecule has 12 heteroatoms. The molecule has 1 aliphatic rings. The summed E-state index contributed by atoms with van der Waals surface area (Å²) in [6.07, 6.45) is 8.77. The van der Waals surface area contributed by atoms with E-state index in [0.29, 0.717) is 34.1 Å². The van der Waals surface area contributed by atoms with Gasteiger partial charge in [-0.1, -0.05) is 30.6 Å². The molecule has 4 aromatic rings. The van der Waals surface area contributed by atoms with E-state index in [2.05, 4.69) is 20.4 Å². The van der Waals surface area contributed by atoms with E-state index < -0.39 is 10.8 Å². The van der Waals surface area contributed by atoms with Crippen molar-refractivity contribution in [3.8, 4) is 17.3 Å². The number of methoxy groups -OCH3 is 1. The highest BCUT2D eigenvalue weighted by Gasteiger charge is 2.23. The Balaban J connectivity index is 1.57. The number of hydrogen-bond donors (Lipinski definition) is 1. The zero-order chi connectivity index (χ0) is 23.7. The summed E-state index contributed by atoms with van der Waals surface area (Å²) in [5, 5.41) is 18.9. The number of carbonyl (C=O) groups is 1. The highest BCUT2D eigenvalue weighted by atomic mass is 32.1. The number of aromatic nitrogens is 5. The lowest BCUT2D eigenvalue weighted by molar-refractivity contribution is -0.380. The SMILES string of the molecule is COc1ccc(-c2nc(NC(=O)c3ccc([N+](=O)[O-])s3)c3cnn(C4CCCCC4)c3n2)cn1. The van der Waals surface area contributed by atoms with Gasteiger partial charge in [-0.2, -0.15) is 5.10 Å². The summed E-state index contributed by atoms with van der Waals surface area (Å²) >= 11 is 0.807. The van der Waals surface area contributed by atoms with Crippen LogP contribution in [-0.2, 0) is 0 Å². The van der Waals surface area contributed by atoms with Crippen LogP contribution in [0.2, 0.25) is 0 Å². The van der Waals surface area contributed by atoms with Crippen LogP contribution in [0.4, 0.5) is 10.8 Å². The van der Waals surface area contributed by atoms with E-state index in [4.69, 9.17) is 9.72 Å². The van der Waals surface area contributed by atoms with Gasteiger partial charge in [-0.15, -0.1) is 0 Å². The van der Waals surface area contributed by atoms with E-state index in [1.807, 2.05) is 4.68 Å². The van der Waals surface area contributed by atoms with Gasteiger partial charge in [0, 0.05) is 23.9 Å². The first-order valence-electron chi connectivity index (χ1n) is 10.8. The van der Waals surface area contributed by atoms with Crippen LogP contribution in [-0.4, -0.2) is 42.7 Å². The summed E-state index contributed by atoms with van der Waals surface area (Å²) in [5.74, 6) is 0.652. The molecule has 1 saturated carbocycles. The Morgan fingerprint density at radius 1 is 1.18 bits per heavy atom.